The number of nitrogens with zero attached hydrogens (tertiary/aromatic N) is 1. The lowest BCUT2D eigenvalue weighted by Crippen LogP contribution is -2.07. The van der Waals surface area contributed by atoms with Crippen molar-refractivity contribution in [1.29, 1.82) is 0 Å². The van der Waals surface area contributed by atoms with Crippen LogP contribution in [0, 0.1) is 11.8 Å². The molecule has 0 aromatic carbocycles. The van der Waals surface area contributed by atoms with E-state index in [9.17, 15) is 18.0 Å². The molecule has 0 saturated carbocycles. The Bertz CT molecular complexity index is 456. The maximum atomic E-state index is 12.2. The zero-order valence-electron chi connectivity index (χ0n) is 8.84. The number of rotatable bonds is 1. The molecule has 17 heavy (non-hydrogen) atoms. The van der Waals surface area contributed by atoms with E-state index in [-0.39, 0.29) is 5.12 Å². The Morgan fingerprint density at radius 2 is 2.18 bits per heavy atom. The number of carbonyl (C=O) groups excluding carboxylic acids is 1. The predicted molar refractivity (Wildman–Crippen MR) is 59.3 cm³/mol. The first-order valence-corrected chi connectivity index (χ1v) is 5.53. The van der Waals surface area contributed by atoms with Gasteiger partial charge in [-0.1, -0.05) is 23.6 Å². The number of carbonyl (C=O) groups is 1. The van der Waals surface area contributed by atoms with E-state index < -0.39 is 11.9 Å². The fraction of sp³-hybridized carbons (Fsp3) is 0.273. The van der Waals surface area contributed by atoms with Crippen molar-refractivity contribution >= 4 is 16.9 Å². The summed E-state index contributed by atoms with van der Waals surface area (Å²) < 4.78 is 36.5. The minimum Gasteiger partial charge on any atom is -0.288 e. The molecule has 90 valence electrons. The molecule has 0 aliphatic heterocycles. The van der Waals surface area contributed by atoms with Gasteiger partial charge < -0.3 is 0 Å². The van der Waals surface area contributed by atoms with E-state index in [2.05, 4.69) is 16.8 Å². The van der Waals surface area contributed by atoms with E-state index in [1.807, 2.05) is 0 Å². The van der Waals surface area contributed by atoms with E-state index in [4.69, 9.17) is 0 Å². The van der Waals surface area contributed by atoms with Crippen molar-refractivity contribution in [2.24, 2.45) is 0 Å². The van der Waals surface area contributed by atoms with Crippen LogP contribution in [0.15, 0.2) is 18.3 Å². The largest absolute Gasteiger partial charge is 0.433 e. The second-order valence-electron chi connectivity index (χ2n) is 3.01. The van der Waals surface area contributed by atoms with Gasteiger partial charge in [-0.25, -0.2) is 0 Å². The lowest BCUT2D eigenvalue weighted by atomic mass is 10.2. The summed E-state index contributed by atoms with van der Waals surface area (Å²) in [5, 5.41) is -0.0511. The van der Waals surface area contributed by atoms with Gasteiger partial charge in [0, 0.05) is 18.7 Å². The third kappa shape index (κ3) is 4.91. The summed E-state index contributed by atoms with van der Waals surface area (Å²) in [7, 11) is 0. The summed E-state index contributed by atoms with van der Waals surface area (Å²) in [4.78, 5) is 13.8. The zero-order valence-corrected chi connectivity index (χ0v) is 9.65. The molecule has 0 spiro atoms. The summed E-state index contributed by atoms with van der Waals surface area (Å²) in [6, 6.07) is 2.13. The molecule has 0 saturated heterocycles. The molecule has 0 amide bonds. The lowest BCUT2D eigenvalue weighted by molar-refractivity contribution is -0.141. The topological polar surface area (TPSA) is 30.0 Å². The highest BCUT2D eigenvalue weighted by Crippen LogP contribution is 2.26. The van der Waals surface area contributed by atoms with Gasteiger partial charge in [-0.15, -0.1) is 0 Å². The van der Waals surface area contributed by atoms with Crippen LogP contribution in [0.5, 0.6) is 0 Å². The molecule has 0 N–H and O–H groups in total. The molecule has 1 rings (SSSR count). The number of thioether (sulfide) groups is 1. The van der Waals surface area contributed by atoms with E-state index in [1.165, 1.54) is 13.0 Å². The van der Waals surface area contributed by atoms with Crippen molar-refractivity contribution in [3.63, 3.8) is 0 Å². The molecule has 0 unspecified atom stereocenters. The molecule has 0 atom stereocenters. The number of alkyl halides is 3. The van der Waals surface area contributed by atoms with E-state index >= 15 is 0 Å². The quantitative estimate of drug-likeness (QED) is 0.726. The third-order valence-corrected chi connectivity index (χ3v) is 2.33. The molecule has 0 radical (unpaired) electrons. The van der Waals surface area contributed by atoms with E-state index in [1.54, 1.807) is 0 Å². The lowest BCUT2D eigenvalue weighted by Gasteiger charge is -2.03. The molecule has 1 heterocycles. The van der Waals surface area contributed by atoms with Crippen LogP contribution < -0.4 is 0 Å². The Morgan fingerprint density at radius 3 is 2.65 bits per heavy atom. The van der Waals surface area contributed by atoms with Crippen LogP contribution in [0.2, 0.25) is 0 Å². The highest BCUT2D eigenvalue weighted by atomic mass is 32.2. The average Bonchev–Trinajstić information content (AvgIpc) is 2.23. The molecule has 1 aromatic heterocycles. The number of hydrogen-bond donors (Lipinski definition) is 0. The Balaban J connectivity index is 2.66. The van der Waals surface area contributed by atoms with Gasteiger partial charge in [0.1, 0.15) is 5.69 Å². The Morgan fingerprint density at radius 1 is 1.47 bits per heavy atom. The summed E-state index contributed by atoms with van der Waals surface area (Å²) in [6.07, 6.45) is -3.37. The summed E-state index contributed by atoms with van der Waals surface area (Å²) in [5.41, 5.74) is -0.552. The van der Waals surface area contributed by atoms with Crippen molar-refractivity contribution in [2.75, 3.05) is 5.75 Å². The first-order chi connectivity index (χ1) is 7.89. The van der Waals surface area contributed by atoms with Gasteiger partial charge in [0.25, 0.3) is 0 Å². The molecule has 0 bridgehead atoms. The second-order valence-corrected chi connectivity index (χ2v) is 4.16. The Kier molecular flexibility index (Phi) is 4.58. The first kappa shape index (κ1) is 13.6. The monoisotopic (exact) mass is 259 g/mol. The zero-order chi connectivity index (χ0) is 12.9. The van der Waals surface area contributed by atoms with Gasteiger partial charge in [-0.3, -0.25) is 9.78 Å². The van der Waals surface area contributed by atoms with Crippen LogP contribution in [0.4, 0.5) is 13.2 Å². The number of hydrogen-bond acceptors (Lipinski definition) is 3. The van der Waals surface area contributed by atoms with Crippen LogP contribution in [0.3, 0.4) is 0 Å². The van der Waals surface area contributed by atoms with Gasteiger partial charge in [0.05, 0.1) is 5.75 Å². The van der Waals surface area contributed by atoms with Gasteiger partial charge in [0.2, 0.25) is 0 Å². The fourth-order valence-electron chi connectivity index (χ4n) is 0.911. The SMILES string of the molecule is CC(=O)SCC#Cc1ccc(C(F)(F)F)nc1. The average molecular weight is 259 g/mol. The molecule has 1 aromatic rings. The van der Waals surface area contributed by atoms with Crippen molar-refractivity contribution < 1.29 is 18.0 Å². The van der Waals surface area contributed by atoms with Gasteiger partial charge >= 0.3 is 6.18 Å². The van der Waals surface area contributed by atoms with Crippen molar-refractivity contribution in [2.45, 2.75) is 13.1 Å². The van der Waals surface area contributed by atoms with Crippen LogP contribution in [-0.4, -0.2) is 15.9 Å². The van der Waals surface area contributed by atoms with Crippen molar-refractivity contribution in [1.82, 2.24) is 4.98 Å². The third-order valence-electron chi connectivity index (χ3n) is 1.63. The minimum atomic E-state index is -4.43. The fourth-order valence-corrected chi connectivity index (χ4v) is 1.26. The number of pyridine rings is 1. The van der Waals surface area contributed by atoms with Crippen LogP contribution in [-0.2, 0) is 11.0 Å². The first-order valence-electron chi connectivity index (χ1n) is 4.55. The minimum absolute atomic E-state index is 0.0511. The number of aromatic nitrogens is 1. The normalized spacial score (nSPS) is 10.6. The molecule has 6 heteroatoms. The maximum Gasteiger partial charge on any atom is 0.433 e. The van der Waals surface area contributed by atoms with Crippen LogP contribution in [0.25, 0.3) is 0 Å². The smallest absolute Gasteiger partial charge is 0.288 e. The predicted octanol–water partition coefficient (Wildman–Crippen LogP) is 2.73. The van der Waals surface area contributed by atoms with E-state index in [0.717, 1.165) is 24.0 Å². The maximum absolute atomic E-state index is 12.2. The summed E-state index contributed by atoms with van der Waals surface area (Å²) in [6.45, 7) is 1.42. The highest BCUT2D eigenvalue weighted by Gasteiger charge is 2.31. The Hall–Kier alpha value is -1.48. The molecule has 0 aliphatic carbocycles. The summed E-state index contributed by atoms with van der Waals surface area (Å²) >= 11 is 1.05. The van der Waals surface area contributed by atoms with E-state index in [0.29, 0.717) is 11.3 Å². The molecule has 0 fully saturated rings. The van der Waals surface area contributed by atoms with Gasteiger partial charge in [0.15, 0.2) is 5.12 Å². The molecule has 0 aliphatic rings. The van der Waals surface area contributed by atoms with Crippen molar-refractivity contribution in [3.8, 4) is 11.8 Å². The second kappa shape index (κ2) is 5.73. The number of halogens is 3. The standard InChI is InChI=1S/C11H8F3NOS/c1-8(16)17-6-2-3-9-4-5-10(15-7-9)11(12,13)14/h4-5,7H,6H2,1H3. The highest BCUT2D eigenvalue weighted by molar-refractivity contribution is 8.13. The van der Waals surface area contributed by atoms with Gasteiger partial charge in [-0.05, 0) is 12.1 Å². The molecular weight excluding hydrogens is 251 g/mol. The summed E-state index contributed by atoms with van der Waals surface area (Å²) in [5.74, 6) is 5.60. The van der Waals surface area contributed by atoms with Crippen LogP contribution in [0.1, 0.15) is 18.2 Å². The van der Waals surface area contributed by atoms with Crippen molar-refractivity contribution in [3.05, 3.63) is 29.6 Å². The van der Waals surface area contributed by atoms with Gasteiger partial charge in [-0.2, -0.15) is 13.2 Å². The van der Waals surface area contributed by atoms with Crippen LogP contribution >= 0.6 is 11.8 Å². The molecular formula is C11H8F3NOS. The Labute approximate surface area is 101 Å². The molecule has 2 nitrogen and oxygen atoms in total.